The number of aryl methyl sites for hydroxylation is 1. The SMILES string of the molecule is C[C@@H](C(=O)Nc1sc2c(c1C#N)CCCCC2)N1CCC[C@@H]1c1cccs1. The van der Waals surface area contributed by atoms with Gasteiger partial charge >= 0.3 is 0 Å². The van der Waals surface area contributed by atoms with E-state index in [0.717, 1.165) is 43.6 Å². The largest absolute Gasteiger partial charge is 0.315 e. The molecule has 0 spiro atoms. The number of nitrogens with zero attached hydrogens (tertiary/aromatic N) is 2. The van der Waals surface area contributed by atoms with E-state index in [1.807, 2.05) is 6.92 Å². The Bertz CT molecular complexity index is 850. The lowest BCUT2D eigenvalue weighted by atomic mass is 10.1. The zero-order valence-electron chi connectivity index (χ0n) is 15.7. The molecule has 0 saturated carbocycles. The summed E-state index contributed by atoms with van der Waals surface area (Å²) in [6.45, 7) is 2.94. The smallest absolute Gasteiger partial charge is 0.242 e. The van der Waals surface area contributed by atoms with Crippen molar-refractivity contribution < 1.29 is 4.79 Å². The molecule has 1 N–H and O–H groups in total. The van der Waals surface area contributed by atoms with Crippen LogP contribution in [0.4, 0.5) is 5.00 Å². The molecule has 0 unspecified atom stereocenters. The van der Waals surface area contributed by atoms with Crippen LogP contribution < -0.4 is 5.32 Å². The third-order valence-corrected chi connectivity index (χ3v) is 7.99. The number of likely N-dealkylation sites (tertiary alicyclic amines) is 1. The highest BCUT2D eigenvalue weighted by atomic mass is 32.1. The molecule has 1 aliphatic heterocycles. The first-order valence-corrected chi connectivity index (χ1v) is 11.5. The summed E-state index contributed by atoms with van der Waals surface area (Å²) in [6, 6.07) is 6.75. The average molecular weight is 400 g/mol. The second kappa shape index (κ2) is 8.14. The van der Waals surface area contributed by atoms with Crippen LogP contribution in [0.25, 0.3) is 0 Å². The zero-order chi connectivity index (χ0) is 18.8. The summed E-state index contributed by atoms with van der Waals surface area (Å²) in [7, 11) is 0. The van der Waals surface area contributed by atoms with Gasteiger partial charge in [0.25, 0.3) is 0 Å². The maximum atomic E-state index is 13.0. The molecule has 1 saturated heterocycles. The van der Waals surface area contributed by atoms with Crippen LogP contribution in [0.5, 0.6) is 0 Å². The molecule has 2 aliphatic rings. The number of carbonyl (C=O) groups excluding carboxylic acids is 1. The Kier molecular flexibility index (Phi) is 5.63. The summed E-state index contributed by atoms with van der Waals surface area (Å²) in [5.74, 6) is 0.00589. The third-order valence-electron chi connectivity index (χ3n) is 5.81. The Hall–Kier alpha value is -1.68. The van der Waals surface area contributed by atoms with Crippen molar-refractivity contribution in [3.63, 3.8) is 0 Å². The van der Waals surface area contributed by atoms with Gasteiger partial charge < -0.3 is 5.32 Å². The molecule has 0 radical (unpaired) electrons. The second-order valence-electron chi connectivity index (χ2n) is 7.46. The van der Waals surface area contributed by atoms with Gasteiger partial charge in [0.2, 0.25) is 5.91 Å². The number of hydrogen-bond donors (Lipinski definition) is 1. The van der Waals surface area contributed by atoms with Gasteiger partial charge in [-0.25, -0.2) is 0 Å². The minimum Gasteiger partial charge on any atom is -0.315 e. The van der Waals surface area contributed by atoms with Crippen LogP contribution in [0.1, 0.15) is 66.0 Å². The molecule has 1 fully saturated rings. The summed E-state index contributed by atoms with van der Waals surface area (Å²) >= 11 is 3.38. The third kappa shape index (κ3) is 3.69. The molecule has 3 heterocycles. The number of carbonyl (C=O) groups is 1. The lowest BCUT2D eigenvalue weighted by molar-refractivity contribution is -0.121. The Morgan fingerprint density at radius 1 is 1.33 bits per heavy atom. The molecule has 2 aromatic heterocycles. The van der Waals surface area contributed by atoms with Crippen molar-refractivity contribution >= 4 is 33.6 Å². The fourth-order valence-corrected chi connectivity index (χ4v) is 6.48. The Labute approximate surface area is 168 Å². The normalized spacial score (nSPS) is 21.3. The van der Waals surface area contributed by atoms with Crippen LogP contribution in [0.3, 0.4) is 0 Å². The highest BCUT2D eigenvalue weighted by Crippen LogP contribution is 2.38. The van der Waals surface area contributed by atoms with Crippen molar-refractivity contribution in [2.45, 2.75) is 64.0 Å². The molecule has 2 atom stereocenters. The molecule has 27 heavy (non-hydrogen) atoms. The molecule has 0 aromatic carbocycles. The molecule has 4 nitrogen and oxygen atoms in total. The highest BCUT2D eigenvalue weighted by molar-refractivity contribution is 7.16. The number of nitriles is 1. The lowest BCUT2D eigenvalue weighted by Gasteiger charge is -2.29. The van der Waals surface area contributed by atoms with Crippen LogP contribution in [-0.4, -0.2) is 23.4 Å². The van der Waals surface area contributed by atoms with Crippen LogP contribution in [-0.2, 0) is 17.6 Å². The number of anilines is 1. The van der Waals surface area contributed by atoms with E-state index in [2.05, 4.69) is 33.8 Å². The minimum atomic E-state index is -0.201. The van der Waals surface area contributed by atoms with Crippen LogP contribution in [0.2, 0.25) is 0 Å². The molecule has 1 amide bonds. The summed E-state index contributed by atoms with van der Waals surface area (Å²) in [4.78, 5) is 18.0. The van der Waals surface area contributed by atoms with Gasteiger partial charge in [0.15, 0.2) is 0 Å². The number of hydrogen-bond acceptors (Lipinski definition) is 5. The summed E-state index contributed by atoms with van der Waals surface area (Å²) in [5, 5.41) is 15.6. The van der Waals surface area contributed by atoms with E-state index in [1.54, 1.807) is 22.7 Å². The predicted molar refractivity (Wildman–Crippen MR) is 111 cm³/mol. The average Bonchev–Trinajstić information content (AvgIpc) is 3.38. The van der Waals surface area contributed by atoms with Crippen LogP contribution >= 0.6 is 22.7 Å². The summed E-state index contributed by atoms with van der Waals surface area (Å²) in [5.41, 5.74) is 1.88. The van der Waals surface area contributed by atoms with E-state index < -0.39 is 0 Å². The molecule has 142 valence electrons. The molecular formula is C21H25N3OS2. The van der Waals surface area contributed by atoms with Crippen molar-refractivity contribution in [2.75, 3.05) is 11.9 Å². The van der Waals surface area contributed by atoms with Crippen molar-refractivity contribution in [3.05, 3.63) is 38.4 Å². The van der Waals surface area contributed by atoms with Crippen molar-refractivity contribution in [1.29, 1.82) is 5.26 Å². The summed E-state index contributed by atoms with van der Waals surface area (Å²) < 4.78 is 0. The molecular weight excluding hydrogens is 374 g/mol. The molecule has 6 heteroatoms. The van der Waals surface area contributed by atoms with Gasteiger partial charge in [-0.05, 0) is 69.0 Å². The maximum Gasteiger partial charge on any atom is 0.242 e. The monoisotopic (exact) mass is 399 g/mol. The van der Waals surface area contributed by atoms with E-state index >= 15 is 0 Å². The molecule has 0 bridgehead atoms. The van der Waals surface area contributed by atoms with Crippen LogP contribution in [0, 0.1) is 11.3 Å². The van der Waals surface area contributed by atoms with E-state index in [9.17, 15) is 10.1 Å². The minimum absolute atomic E-state index is 0.00589. The van der Waals surface area contributed by atoms with Crippen molar-refractivity contribution in [1.82, 2.24) is 4.90 Å². The maximum absolute atomic E-state index is 13.0. The number of amides is 1. The standard InChI is InChI=1S/C21H25N3OS2/c1-14(24-11-5-8-17(24)19-10-6-12-26-19)20(25)23-21-16(13-22)15-7-3-2-4-9-18(15)27-21/h6,10,12,14,17H,2-5,7-9,11H2,1H3,(H,23,25)/t14-,17+/m0/s1. The van der Waals surface area contributed by atoms with Gasteiger partial charge in [0.05, 0.1) is 11.6 Å². The van der Waals surface area contributed by atoms with Gasteiger partial charge in [-0.3, -0.25) is 9.69 Å². The van der Waals surface area contributed by atoms with Gasteiger partial charge in [-0.15, -0.1) is 22.7 Å². The van der Waals surface area contributed by atoms with Crippen molar-refractivity contribution in [2.24, 2.45) is 0 Å². The molecule has 1 aliphatic carbocycles. The Morgan fingerprint density at radius 2 is 2.19 bits per heavy atom. The van der Waals surface area contributed by atoms with Gasteiger partial charge in [-0.1, -0.05) is 12.5 Å². The van der Waals surface area contributed by atoms with Gasteiger partial charge in [0, 0.05) is 15.8 Å². The van der Waals surface area contributed by atoms with E-state index in [-0.39, 0.29) is 11.9 Å². The fourth-order valence-electron chi connectivity index (χ4n) is 4.35. The Balaban J connectivity index is 1.51. The lowest BCUT2D eigenvalue weighted by Crippen LogP contribution is -2.41. The summed E-state index contributed by atoms with van der Waals surface area (Å²) in [6.07, 6.45) is 7.77. The number of thiophene rings is 2. The Morgan fingerprint density at radius 3 is 2.96 bits per heavy atom. The van der Waals surface area contributed by atoms with E-state index in [1.165, 1.54) is 28.2 Å². The number of fused-ring (bicyclic) bond motifs is 1. The van der Waals surface area contributed by atoms with E-state index in [0.29, 0.717) is 11.6 Å². The van der Waals surface area contributed by atoms with Crippen molar-refractivity contribution in [3.8, 4) is 6.07 Å². The predicted octanol–water partition coefficient (Wildman–Crippen LogP) is 5.11. The van der Waals surface area contributed by atoms with Gasteiger partial charge in [0.1, 0.15) is 11.1 Å². The first kappa shape index (κ1) is 18.7. The van der Waals surface area contributed by atoms with E-state index in [4.69, 9.17) is 0 Å². The quantitative estimate of drug-likeness (QED) is 0.727. The fraction of sp³-hybridized carbons (Fsp3) is 0.524. The number of nitrogens with one attached hydrogen (secondary N) is 1. The highest BCUT2D eigenvalue weighted by Gasteiger charge is 2.34. The van der Waals surface area contributed by atoms with Crippen LogP contribution in [0.15, 0.2) is 17.5 Å². The number of rotatable bonds is 4. The topological polar surface area (TPSA) is 56.1 Å². The van der Waals surface area contributed by atoms with Gasteiger partial charge in [-0.2, -0.15) is 5.26 Å². The molecule has 4 rings (SSSR count). The first-order valence-electron chi connectivity index (χ1n) is 9.83. The first-order chi connectivity index (χ1) is 13.2. The zero-order valence-corrected chi connectivity index (χ0v) is 17.3. The molecule has 2 aromatic rings. The second-order valence-corrected chi connectivity index (χ2v) is 9.54.